The van der Waals surface area contributed by atoms with Gasteiger partial charge < -0.3 is 0 Å². The summed E-state index contributed by atoms with van der Waals surface area (Å²) in [5, 5.41) is 0. The summed E-state index contributed by atoms with van der Waals surface area (Å²) in [5.74, 6) is 4.02. The molecule has 0 bridgehead atoms. The predicted octanol–water partition coefficient (Wildman–Crippen LogP) is 5.34. The van der Waals surface area contributed by atoms with E-state index in [0.29, 0.717) is 0 Å². The summed E-state index contributed by atoms with van der Waals surface area (Å²) in [6, 6.07) is 0. The first-order chi connectivity index (χ1) is 8.43. The molecule has 0 heterocycles. The minimum atomic E-state index is 0.960. The molecule has 2 saturated carbocycles. The van der Waals surface area contributed by atoms with Crippen LogP contribution in [0.4, 0.5) is 0 Å². The Hall–Kier alpha value is -0.260. The first kappa shape index (κ1) is 11.8. The van der Waals surface area contributed by atoms with Gasteiger partial charge in [0.2, 0.25) is 0 Å². The molecule has 17 heavy (non-hydrogen) atoms. The van der Waals surface area contributed by atoms with Crippen LogP contribution >= 0.6 is 0 Å². The summed E-state index contributed by atoms with van der Waals surface area (Å²) >= 11 is 0. The van der Waals surface area contributed by atoms with Crippen LogP contribution in [0.1, 0.15) is 70.6 Å². The van der Waals surface area contributed by atoms with E-state index in [2.05, 4.69) is 12.2 Å². The van der Waals surface area contributed by atoms with Crippen molar-refractivity contribution in [1.29, 1.82) is 0 Å². The maximum Gasteiger partial charge on any atom is -0.0199 e. The normalized spacial score (nSPS) is 36.5. The van der Waals surface area contributed by atoms with Crippen molar-refractivity contribution in [3.05, 3.63) is 12.2 Å². The summed E-state index contributed by atoms with van der Waals surface area (Å²) < 4.78 is 0. The fourth-order valence-corrected chi connectivity index (χ4v) is 4.58. The van der Waals surface area contributed by atoms with Crippen LogP contribution in [-0.4, -0.2) is 0 Å². The molecule has 0 radical (unpaired) electrons. The molecule has 0 saturated heterocycles. The van der Waals surface area contributed by atoms with Gasteiger partial charge in [-0.2, -0.15) is 0 Å². The summed E-state index contributed by atoms with van der Waals surface area (Å²) in [5.41, 5.74) is 0. The molecule has 3 aliphatic carbocycles. The third-order valence-electron chi connectivity index (χ3n) is 5.66. The molecular formula is C17H28. The van der Waals surface area contributed by atoms with Crippen LogP contribution in [-0.2, 0) is 0 Å². The van der Waals surface area contributed by atoms with Crippen LogP contribution in [0.5, 0.6) is 0 Å². The highest BCUT2D eigenvalue weighted by Crippen LogP contribution is 2.43. The molecule has 0 aromatic carbocycles. The minimum Gasteiger partial charge on any atom is -0.0848 e. The third-order valence-corrected chi connectivity index (χ3v) is 5.66. The van der Waals surface area contributed by atoms with E-state index < -0.39 is 0 Å². The number of hydrogen-bond donors (Lipinski definition) is 0. The average Bonchev–Trinajstić information content (AvgIpc) is 2.90. The lowest BCUT2D eigenvalue weighted by molar-refractivity contribution is 0.227. The van der Waals surface area contributed by atoms with Crippen LogP contribution in [0.2, 0.25) is 0 Å². The SMILES string of the molecule is C1=CC(C2CCCCC2)CC1C1CCCCC1. The molecule has 2 unspecified atom stereocenters. The lowest BCUT2D eigenvalue weighted by Gasteiger charge is -2.30. The summed E-state index contributed by atoms with van der Waals surface area (Å²) in [6.45, 7) is 0. The Balaban J connectivity index is 1.52. The standard InChI is InChI=1S/C17H28/c1-3-7-14(8-4-1)16-11-12-17(13-16)15-9-5-2-6-10-15/h11-12,14-17H,1-10,13H2. The van der Waals surface area contributed by atoms with E-state index in [4.69, 9.17) is 0 Å². The van der Waals surface area contributed by atoms with Crippen molar-refractivity contribution in [2.45, 2.75) is 70.6 Å². The second-order valence-electron chi connectivity index (χ2n) is 6.74. The number of rotatable bonds is 2. The molecule has 0 N–H and O–H groups in total. The van der Waals surface area contributed by atoms with E-state index in [-0.39, 0.29) is 0 Å². The molecule has 3 aliphatic rings. The van der Waals surface area contributed by atoms with E-state index in [1.807, 2.05) is 0 Å². The lowest BCUT2D eigenvalue weighted by atomic mass is 9.75. The quantitative estimate of drug-likeness (QED) is 0.564. The smallest absolute Gasteiger partial charge is 0.0199 e. The molecule has 2 atom stereocenters. The van der Waals surface area contributed by atoms with Crippen molar-refractivity contribution in [1.82, 2.24) is 0 Å². The fourth-order valence-electron chi connectivity index (χ4n) is 4.58. The Bertz CT molecular complexity index is 227. The van der Waals surface area contributed by atoms with E-state index in [9.17, 15) is 0 Å². The largest absolute Gasteiger partial charge is 0.0848 e. The highest BCUT2D eigenvalue weighted by molar-refractivity contribution is 5.06. The van der Waals surface area contributed by atoms with E-state index in [0.717, 1.165) is 23.7 Å². The lowest BCUT2D eigenvalue weighted by Crippen LogP contribution is -2.19. The van der Waals surface area contributed by atoms with Gasteiger partial charge >= 0.3 is 0 Å². The molecule has 0 heteroatoms. The second kappa shape index (κ2) is 5.59. The molecule has 96 valence electrons. The Labute approximate surface area is 107 Å². The summed E-state index contributed by atoms with van der Waals surface area (Å²) in [4.78, 5) is 0. The van der Waals surface area contributed by atoms with Crippen molar-refractivity contribution in [3.63, 3.8) is 0 Å². The van der Waals surface area contributed by atoms with Crippen molar-refractivity contribution in [3.8, 4) is 0 Å². The Kier molecular flexibility index (Phi) is 3.88. The van der Waals surface area contributed by atoms with Gasteiger partial charge in [0.25, 0.3) is 0 Å². The molecule has 2 fully saturated rings. The molecule has 0 aromatic heterocycles. The number of allylic oxidation sites excluding steroid dienone is 2. The monoisotopic (exact) mass is 232 g/mol. The third kappa shape index (κ3) is 2.77. The Morgan fingerprint density at radius 2 is 0.941 bits per heavy atom. The topological polar surface area (TPSA) is 0 Å². The zero-order valence-corrected chi connectivity index (χ0v) is 11.2. The van der Waals surface area contributed by atoms with Crippen molar-refractivity contribution < 1.29 is 0 Å². The van der Waals surface area contributed by atoms with Crippen LogP contribution in [0.15, 0.2) is 12.2 Å². The highest BCUT2D eigenvalue weighted by Gasteiger charge is 2.31. The second-order valence-corrected chi connectivity index (χ2v) is 6.74. The van der Waals surface area contributed by atoms with Gasteiger partial charge in [0.15, 0.2) is 0 Å². The fraction of sp³-hybridized carbons (Fsp3) is 0.882. The zero-order valence-electron chi connectivity index (χ0n) is 11.2. The van der Waals surface area contributed by atoms with Crippen molar-refractivity contribution in [2.75, 3.05) is 0 Å². The average molecular weight is 232 g/mol. The first-order valence-electron chi connectivity index (χ1n) is 8.12. The first-order valence-corrected chi connectivity index (χ1v) is 8.12. The van der Waals surface area contributed by atoms with Gasteiger partial charge in [0, 0.05) is 0 Å². The molecule has 3 rings (SSSR count). The Morgan fingerprint density at radius 1 is 0.529 bits per heavy atom. The maximum absolute atomic E-state index is 2.61. The Morgan fingerprint density at radius 3 is 1.35 bits per heavy atom. The zero-order chi connectivity index (χ0) is 11.5. The van der Waals surface area contributed by atoms with Crippen LogP contribution < -0.4 is 0 Å². The minimum absolute atomic E-state index is 0.960. The van der Waals surface area contributed by atoms with Crippen molar-refractivity contribution >= 4 is 0 Å². The summed E-state index contributed by atoms with van der Waals surface area (Å²) in [7, 11) is 0. The highest BCUT2D eigenvalue weighted by atomic mass is 14.4. The van der Waals surface area contributed by atoms with Crippen LogP contribution in [0, 0.1) is 23.7 Å². The van der Waals surface area contributed by atoms with E-state index in [1.54, 1.807) is 0 Å². The van der Waals surface area contributed by atoms with Crippen LogP contribution in [0.3, 0.4) is 0 Å². The van der Waals surface area contributed by atoms with Gasteiger partial charge in [0.1, 0.15) is 0 Å². The van der Waals surface area contributed by atoms with E-state index >= 15 is 0 Å². The summed E-state index contributed by atoms with van der Waals surface area (Å²) in [6.07, 6.45) is 21.8. The van der Waals surface area contributed by atoms with Crippen molar-refractivity contribution in [2.24, 2.45) is 23.7 Å². The molecule has 0 amide bonds. The molecule has 0 spiro atoms. The van der Waals surface area contributed by atoms with Gasteiger partial charge in [0.05, 0.1) is 0 Å². The molecule has 0 aromatic rings. The molecular weight excluding hydrogens is 204 g/mol. The van der Waals surface area contributed by atoms with Gasteiger partial charge in [-0.3, -0.25) is 0 Å². The molecule has 0 aliphatic heterocycles. The van der Waals surface area contributed by atoms with Gasteiger partial charge in [-0.1, -0.05) is 50.7 Å². The maximum atomic E-state index is 2.61. The van der Waals surface area contributed by atoms with Crippen LogP contribution in [0.25, 0.3) is 0 Å². The van der Waals surface area contributed by atoms with Gasteiger partial charge in [-0.15, -0.1) is 0 Å². The molecule has 0 nitrogen and oxygen atoms in total. The predicted molar refractivity (Wildman–Crippen MR) is 73.9 cm³/mol. The van der Waals surface area contributed by atoms with Gasteiger partial charge in [-0.05, 0) is 55.8 Å². The number of hydrogen-bond acceptors (Lipinski definition) is 0. The van der Waals surface area contributed by atoms with E-state index in [1.165, 1.54) is 70.6 Å². The van der Waals surface area contributed by atoms with Gasteiger partial charge in [-0.25, -0.2) is 0 Å².